The van der Waals surface area contributed by atoms with Crippen molar-refractivity contribution in [3.8, 4) is 0 Å². The molecule has 56 valence electrons. The van der Waals surface area contributed by atoms with Crippen LogP contribution in [0.25, 0.3) is 0 Å². The van der Waals surface area contributed by atoms with Crippen LogP contribution >= 0.6 is 15.9 Å². The van der Waals surface area contributed by atoms with E-state index in [0.717, 1.165) is 18.3 Å². The summed E-state index contributed by atoms with van der Waals surface area (Å²) in [5.41, 5.74) is 1.17. The Bertz CT molecular complexity index is 195. The van der Waals surface area contributed by atoms with Crippen molar-refractivity contribution < 1.29 is 0 Å². The summed E-state index contributed by atoms with van der Waals surface area (Å²) in [5, 5.41) is 5.30. The predicted octanol–water partition coefficient (Wildman–Crippen LogP) is 1.84. The van der Waals surface area contributed by atoms with Gasteiger partial charge in [0.1, 0.15) is 0 Å². The van der Waals surface area contributed by atoms with Gasteiger partial charge < -0.3 is 0 Å². The number of hydrogen-bond donors (Lipinski definition) is 0. The summed E-state index contributed by atoms with van der Waals surface area (Å²) in [5.74, 6) is 0. The largest absolute Gasteiger partial charge is 0.273 e. The lowest BCUT2D eigenvalue weighted by atomic mass is 10.3. The molecule has 3 heteroatoms. The smallest absolute Gasteiger partial charge is 0.0632 e. The molecule has 0 atom stereocenters. The molecule has 0 aliphatic carbocycles. The Kier molecular flexibility index (Phi) is 2.93. The Morgan fingerprint density at radius 3 is 3.00 bits per heavy atom. The Labute approximate surface area is 69.4 Å². The van der Waals surface area contributed by atoms with Crippen LogP contribution in [0.15, 0.2) is 12.3 Å². The van der Waals surface area contributed by atoms with Crippen LogP contribution in [0.3, 0.4) is 0 Å². The summed E-state index contributed by atoms with van der Waals surface area (Å²) in [4.78, 5) is 0. The molecule has 10 heavy (non-hydrogen) atoms. The molecule has 1 rings (SSSR count). The quantitative estimate of drug-likeness (QED) is 0.685. The molecule has 2 nitrogen and oxygen atoms in total. The van der Waals surface area contributed by atoms with Gasteiger partial charge in [-0.05, 0) is 13.0 Å². The minimum Gasteiger partial charge on any atom is -0.273 e. The fourth-order valence-corrected chi connectivity index (χ4v) is 1.22. The average molecular weight is 203 g/mol. The van der Waals surface area contributed by atoms with E-state index < -0.39 is 0 Å². The SMILES string of the molecule is CCn1ccc(CCBr)n1. The lowest BCUT2D eigenvalue weighted by molar-refractivity contribution is 0.649. The monoisotopic (exact) mass is 202 g/mol. The van der Waals surface area contributed by atoms with E-state index in [1.807, 2.05) is 10.9 Å². The summed E-state index contributed by atoms with van der Waals surface area (Å²) in [6.07, 6.45) is 3.03. The van der Waals surface area contributed by atoms with Crippen molar-refractivity contribution >= 4 is 15.9 Å². The maximum atomic E-state index is 4.31. The molecular weight excluding hydrogens is 192 g/mol. The maximum absolute atomic E-state index is 4.31. The Morgan fingerprint density at radius 1 is 1.70 bits per heavy atom. The molecule has 0 radical (unpaired) electrons. The summed E-state index contributed by atoms with van der Waals surface area (Å²) in [6.45, 7) is 3.05. The molecule has 0 aromatic carbocycles. The minimum absolute atomic E-state index is 0.961. The van der Waals surface area contributed by atoms with Crippen LogP contribution in [-0.2, 0) is 13.0 Å². The average Bonchev–Trinajstić information content (AvgIpc) is 2.37. The van der Waals surface area contributed by atoms with Crippen LogP contribution in [0.5, 0.6) is 0 Å². The number of aryl methyl sites for hydroxylation is 2. The van der Waals surface area contributed by atoms with E-state index in [0.29, 0.717) is 0 Å². The van der Waals surface area contributed by atoms with Gasteiger partial charge in [-0.25, -0.2) is 0 Å². The summed E-state index contributed by atoms with van der Waals surface area (Å²) < 4.78 is 1.94. The third-order valence-corrected chi connectivity index (χ3v) is 1.77. The Morgan fingerprint density at radius 2 is 2.50 bits per heavy atom. The van der Waals surface area contributed by atoms with Gasteiger partial charge in [0.25, 0.3) is 0 Å². The molecular formula is C7H11BrN2. The molecule has 0 saturated heterocycles. The van der Waals surface area contributed by atoms with Gasteiger partial charge in [-0.15, -0.1) is 0 Å². The number of alkyl halides is 1. The molecule has 0 spiro atoms. The van der Waals surface area contributed by atoms with E-state index in [4.69, 9.17) is 0 Å². The molecule has 0 N–H and O–H groups in total. The predicted molar refractivity (Wildman–Crippen MR) is 45.4 cm³/mol. The fourth-order valence-electron chi connectivity index (χ4n) is 0.810. The first-order valence-electron chi connectivity index (χ1n) is 3.45. The van der Waals surface area contributed by atoms with Crippen molar-refractivity contribution in [3.63, 3.8) is 0 Å². The van der Waals surface area contributed by atoms with Crippen LogP contribution in [0.4, 0.5) is 0 Å². The van der Waals surface area contributed by atoms with Gasteiger partial charge >= 0.3 is 0 Å². The zero-order chi connectivity index (χ0) is 7.40. The summed E-state index contributed by atoms with van der Waals surface area (Å²) >= 11 is 3.37. The molecule has 1 aromatic rings. The first-order chi connectivity index (χ1) is 4.86. The van der Waals surface area contributed by atoms with Gasteiger partial charge in [-0.2, -0.15) is 5.10 Å². The molecule has 0 aliphatic rings. The van der Waals surface area contributed by atoms with Crippen molar-refractivity contribution in [3.05, 3.63) is 18.0 Å². The van der Waals surface area contributed by atoms with E-state index in [2.05, 4.69) is 34.0 Å². The zero-order valence-corrected chi connectivity index (χ0v) is 7.63. The molecule has 0 fully saturated rings. The lowest BCUT2D eigenvalue weighted by Crippen LogP contribution is -1.95. The fraction of sp³-hybridized carbons (Fsp3) is 0.571. The van der Waals surface area contributed by atoms with Crippen LogP contribution in [0.1, 0.15) is 12.6 Å². The van der Waals surface area contributed by atoms with E-state index in [1.165, 1.54) is 5.69 Å². The van der Waals surface area contributed by atoms with Crippen molar-refractivity contribution in [2.75, 3.05) is 5.33 Å². The molecule has 0 amide bonds. The first kappa shape index (κ1) is 7.79. The zero-order valence-electron chi connectivity index (χ0n) is 6.05. The summed E-state index contributed by atoms with van der Waals surface area (Å²) in [7, 11) is 0. The maximum Gasteiger partial charge on any atom is 0.0632 e. The van der Waals surface area contributed by atoms with Gasteiger partial charge in [-0.3, -0.25) is 4.68 Å². The normalized spacial score (nSPS) is 10.2. The van der Waals surface area contributed by atoms with Crippen molar-refractivity contribution in [1.29, 1.82) is 0 Å². The second kappa shape index (κ2) is 3.76. The topological polar surface area (TPSA) is 17.8 Å². The van der Waals surface area contributed by atoms with Crippen LogP contribution in [0.2, 0.25) is 0 Å². The second-order valence-corrected chi connectivity index (χ2v) is 2.89. The van der Waals surface area contributed by atoms with Crippen LogP contribution < -0.4 is 0 Å². The highest BCUT2D eigenvalue weighted by Gasteiger charge is 1.94. The van der Waals surface area contributed by atoms with Gasteiger partial charge in [0.2, 0.25) is 0 Å². The van der Waals surface area contributed by atoms with Crippen LogP contribution in [-0.4, -0.2) is 15.1 Å². The lowest BCUT2D eigenvalue weighted by Gasteiger charge is -1.91. The highest BCUT2D eigenvalue weighted by atomic mass is 79.9. The second-order valence-electron chi connectivity index (χ2n) is 2.10. The molecule has 0 unspecified atom stereocenters. The highest BCUT2D eigenvalue weighted by Crippen LogP contribution is 1.98. The van der Waals surface area contributed by atoms with Crippen molar-refractivity contribution in [2.24, 2.45) is 0 Å². The number of halogens is 1. The summed E-state index contributed by atoms with van der Waals surface area (Å²) in [6, 6.07) is 2.06. The van der Waals surface area contributed by atoms with Crippen molar-refractivity contribution in [2.45, 2.75) is 19.9 Å². The van der Waals surface area contributed by atoms with Gasteiger partial charge in [0, 0.05) is 24.5 Å². The van der Waals surface area contributed by atoms with E-state index in [9.17, 15) is 0 Å². The number of rotatable bonds is 3. The molecule has 0 bridgehead atoms. The van der Waals surface area contributed by atoms with Gasteiger partial charge in [-0.1, -0.05) is 15.9 Å². The standard InChI is InChI=1S/C7H11BrN2/c1-2-10-6-4-7(9-10)3-5-8/h4,6H,2-3,5H2,1H3. The number of hydrogen-bond acceptors (Lipinski definition) is 1. The van der Waals surface area contributed by atoms with E-state index >= 15 is 0 Å². The third kappa shape index (κ3) is 1.84. The molecule has 1 heterocycles. The number of nitrogens with zero attached hydrogens (tertiary/aromatic N) is 2. The van der Waals surface area contributed by atoms with Crippen molar-refractivity contribution in [1.82, 2.24) is 9.78 Å². The molecule has 0 saturated carbocycles. The van der Waals surface area contributed by atoms with Gasteiger partial charge in [0.05, 0.1) is 5.69 Å². The molecule has 1 aromatic heterocycles. The first-order valence-corrected chi connectivity index (χ1v) is 4.57. The van der Waals surface area contributed by atoms with Crippen LogP contribution in [0, 0.1) is 0 Å². The Hall–Kier alpha value is -0.310. The third-order valence-electron chi connectivity index (χ3n) is 1.37. The number of aromatic nitrogens is 2. The van der Waals surface area contributed by atoms with E-state index in [-0.39, 0.29) is 0 Å². The minimum atomic E-state index is 0.961. The Balaban J connectivity index is 2.59. The van der Waals surface area contributed by atoms with Gasteiger partial charge in [0.15, 0.2) is 0 Å². The highest BCUT2D eigenvalue weighted by molar-refractivity contribution is 9.09. The van der Waals surface area contributed by atoms with E-state index in [1.54, 1.807) is 0 Å². The molecule has 0 aliphatic heterocycles.